The molecule has 0 amide bonds. The van der Waals surface area contributed by atoms with Crippen LogP contribution in [-0.2, 0) is 6.42 Å². The first-order valence-corrected chi connectivity index (χ1v) is 8.08. The van der Waals surface area contributed by atoms with Crippen molar-refractivity contribution in [3.8, 4) is 0 Å². The summed E-state index contributed by atoms with van der Waals surface area (Å²) in [6.45, 7) is 4.46. The number of benzene rings is 2. The maximum Gasteiger partial charge on any atom is 0.0520 e. The van der Waals surface area contributed by atoms with Gasteiger partial charge in [-0.25, -0.2) is 0 Å². The summed E-state index contributed by atoms with van der Waals surface area (Å²) in [4.78, 5) is 0. The van der Waals surface area contributed by atoms with E-state index in [2.05, 4.69) is 77.6 Å². The second-order valence-corrected chi connectivity index (χ2v) is 6.67. The van der Waals surface area contributed by atoms with Crippen molar-refractivity contribution in [3.05, 3.63) is 63.6 Å². The lowest BCUT2D eigenvalue weighted by molar-refractivity contribution is 0.761. The highest BCUT2D eigenvalue weighted by molar-refractivity contribution is 9.10. The molecule has 1 nitrogen and oxygen atoms in total. The standard InChI is InChI=1S/C18H20BrN/c1-12(2)13-6-8-14(9-7-13)20-18-11-10-15-16(18)4-3-5-17(15)19/h3-9,12,18,20H,10-11H2,1-2H3. The van der Waals surface area contributed by atoms with Crippen LogP contribution in [0.5, 0.6) is 0 Å². The van der Waals surface area contributed by atoms with Gasteiger partial charge in [0.05, 0.1) is 6.04 Å². The number of hydrogen-bond donors (Lipinski definition) is 1. The van der Waals surface area contributed by atoms with E-state index in [1.54, 1.807) is 0 Å². The summed E-state index contributed by atoms with van der Waals surface area (Å²) in [5, 5.41) is 3.67. The van der Waals surface area contributed by atoms with Gasteiger partial charge in [0.15, 0.2) is 0 Å². The van der Waals surface area contributed by atoms with Crippen LogP contribution in [0.2, 0.25) is 0 Å². The molecule has 2 heteroatoms. The summed E-state index contributed by atoms with van der Waals surface area (Å²) < 4.78 is 1.24. The third kappa shape index (κ3) is 2.62. The van der Waals surface area contributed by atoms with E-state index in [-0.39, 0.29) is 0 Å². The van der Waals surface area contributed by atoms with Gasteiger partial charge in [0.25, 0.3) is 0 Å². The van der Waals surface area contributed by atoms with Gasteiger partial charge >= 0.3 is 0 Å². The van der Waals surface area contributed by atoms with Crippen LogP contribution in [0, 0.1) is 0 Å². The average Bonchev–Trinajstić information content (AvgIpc) is 2.84. The SMILES string of the molecule is CC(C)c1ccc(NC2CCc3c(Br)cccc32)cc1. The molecule has 104 valence electrons. The van der Waals surface area contributed by atoms with Gasteiger partial charge in [-0.2, -0.15) is 0 Å². The summed E-state index contributed by atoms with van der Waals surface area (Å²) in [5.74, 6) is 0.590. The molecule has 2 aromatic carbocycles. The lowest BCUT2D eigenvalue weighted by atomic mass is 10.0. The van der Waals surface area contributed by atoms with Gasteiger partial charge in [-0.3, -0.25) is 0 Å². The minimum atomic E-state index is 0.437. The van der Waals surface area contributed by atoms with Crippen LogP contribution in [0.4, 0.5) is 5.69 Å². The lowest BCUT2D eigenvalue weighted by Crippen LogP contribution is -2.07. The number of hydrogen-bond acceptors (Lipinski definition) is 1. The Morgan fingerprint density at radius 1 is 1.10 bits per heavy atom. The Balaban J connectivity index is 1.79. The van der Waals surface area contributed by atoms with Crippen molar-refractivity contribution in [2.45, 2.75) is 38.6 Å². The number of fused-ring (bicyclic) bond motifs is 1. The molecule has 1 aliphatic carbocycles. The summed E-state index contributed by atoms with van der Waals surface area (Å²) in [6.07, 6.45) is 2.32. The van der Waals surface area contributed by atoms with Crippen LogP contribution in [0.15, 0.2) is 46.9 Å². The number of anilines is 1. The zero-order valence-corrected chi connectivity index (χ0v) is 13.6. The highest BCUT2D eigenvalue weighted by atomic mass is 79.9. The fraction of sp³-hybridized carbons (Fsp3) is 0.333. The van der Waals surface area contributed by atoms with Crippen molar-refractivity contribution in [1.82, 2.24) is 0 Å². The van der Waals surface area contributed by atoms with Gasteiger partial charge in [-0.05, 0) is 53.6 Å². The molecule has 3 rings (SSSR count). The van der Waals surface area contributed by atoms with Gasteiger partial charge in [-0.15, -0.1) is 0 Å². The van der Waals surface area contributed by atoms with Gasteiger partial charge in [0.2, 0.25) is 0 Å². The van der Waals surface area contributed by atoms with Crippen LogP contribution in [0.3, 0.4) is 0 Å². The molecule has 1 N–H and O–H groups in total. The molecule has 1 aliphatic rings. The highest BCUT2D eigenvalue weighted by Gasteiger charge is 2.23. The Bertz CT molecular complexity index is 601. The smallest absolute Gasteiger partial charge is 0.0520 e. The van der Waals surface area contributed by atoms with Crippen LogP contribution in [0.1, 0.15) is 48.9 Å². The van der Waals surface area contributed by atoms with E-state index in [1.165, 1.54) is 33.3 Å². The molecule has 0 bridgehead atoms. The lowest BCUT2D eigenvalue weighted by Gasteiger charge is -2.16. The first kappa shape index (κ1) is 13.7. The van der Waals surface area contributed by atoms with Crippen molar-refractivity contribution < 1.29 is 0 Å². The number of nitrogens with one attached hydrogen (secondary N) is 1. The van der Waals surface area contributed by atoms with Crippen LogP contribution in [0.25, 0.3) is 0 Å². The summed E-state index contributed by atoms with van der Waals surface area (Å²) in [6, 6.07) is 15.8. The molecule has 0 aliphatic heterocycles. The Morgan fingerprint density at radius 3 is 2.55 bits per heavy atom. The van der Waals surface area contributed by atoms with E-state index < -0.39 is 0 Å². The Kier molecular flexibility index (Phi) is 3.84. The van der Waals surface area contributed by atoms with E-state index in [9.17, 15) is 0 Å². The van der Waals surface area contributed by atoms with Crippen molar-refractivity contribution in [2.75, 3.05) is 5.32 Å². The molecular weight excluding hydrogens is 310 g/mol. The van der Waals surface area contributed by atoms with E-state index >= 15 is 0 Å². The first-order chi connectivity index (χ1) is 9.65. The van der Waals surface area contributed by atoms with Gasteiger partial charge in [-0.1, -0.05) is 54.0 Å². The molecule has 0 aromatic heterocycles. The molecule has 1 unspecified atom stereocenters. The molecule has 0 spiro atoms. The maximum atomic E-state index is 3.67. The molecule has 20 heavy (non-hydrogen) atoms. The minimum absolute atomic E-state index is 0.437. The zero-order valence-electron chi connectivity index (χ0n) is 12.0. The predicted octanol–water partition coefficient (Wildman–Crippen LogP) is 5.67. The Labute approximate surface area is 129 Å². The maximum absolute atomic E-state index is 3.67. The largest absolute Gasteiger partial charge is 0.378 e. The Morgan fingerprint density at radius 2 is 1.85 bits per heavy atom. The quantitative estimate of drug-likeness (QED) is 0.764. The fourth-order valence-corrected chi connectivity index (χ4v) is 3.50. The van der Waals surface area contributed by atoms with Crippen molar-refractivity contribution in [1.29, 1.82) is 0 Å². The topological polar surface area (TPSA) is 12.0 Å². The summed E-state index contributed by atoms with van der Waals surface area (Å²) >= 11 is 3.66. The van der Waals surface area contributed by atoms with Crippen LogP contribution < -0.4 is 5.32 Å². The first-order valence-electron chi connectivity index (χ1n) is 7.29. The van der Waals surface area contributed by atoms with Crippen LogP contribution in [-0.4, -0.2) is 0 Å². The third-order valence-electron chi connectivity index (χ3n) is 4.13. The van der Waals surface area contributed by atoms with E-state index in [0.717, 1.165) is 6.42 Å². The second kappa shape index (κ2) is 5.61. The monoisotopic (exact) mass is 329 g/mol. The molecule has 0 fully saturated rings. The van der Waals surface area contributed by atoms with E-state index in [1.807, 2.05) is 0 Å². The van der Waals surface area contributed by atoms with Gasteiger partial charge in [0.1, 0.15) is 0 Å². The minimum Gasteiger partial charge on any atom is -0.378 e. The normalized spacial score (nSPS) is 17.3. The fourth-order valence-electron chi connectivity index (χ4n) is 2.93. The molecular formula is C18H20BrN. The van der Waals surface area contributed by atoms with Crippen molar-refractivity contribution in [3.63, 3.8) is 0 Å². The molecule has 0 radical (unpaired) electrons. The summed E-state index contributed by atoms with van der Waals surface area (Å²) in [5.41, 5.74) is 5.51. The number of rotatable bonds is 3. The average molecular weight is 330 g/mol. The van der Waals surface area contributed by atoms with Crippen LogP contribution >= 0.6 is 15.9 Å². The van der Waals surface area contributed by atoms with E-state index in [4.69, 9.17) is 0 Å². The molecule has 1 atom stereocenters. The van der Waals surface area contributed by atoms with Gasteiger partial charge < -0.3 is 5.32 Å². The zero-order chi connectivity index (χ0) is 14.1. The third-order valence-corrected chi connectivity index (χ3v) is 4.87. The number of halogens is 1. The van der Waals surface area contributed by atoms with Crippen molar-refractivity contribution >= 4 is 21.6 Å². The molecule has 2 aromatic rings. The molecule has 0 saturated heterocycles. The Hall–Kier alpha value is -1.28. The molecule has 0 saturated carbocycles. The highest BCUT2D eigenvalue weighted by Crippen LogP contribution is 2.37. The predicted molar refractivity (Wildman–Crippen MR) is 89.4 cm³/mol. The van der Waals surface area contributed by atoms with Gasteiger partial charge in [0, 0.05) is 10.2 Å². The molecule has 0 heterocycles. The summed E-state index contributed by atoms with van der Waals surface area (Å²) in [7, 11) is 0. The van der Waals surface area contributed by atoms with E-state index in [0.29, 0.717) is 12.0 Å². The van der Waals surface area contributed by atoms with Crippen molar-refractivity contribution in [2.24, 2.45) is 0 Å². The second-order valence-electron chi connectivity index (χ2n) is 5.82.